The molecule has 5 rings (SSSR count). The van der Waals surface area contributed by atoms with Crippen LogP contribution in [0, 0.1) is 0 Å². The molecule has 5 aromatic rings. The van der Waals surface area contributed by atoms with Crippen LogP contribution in [0.3, 0.4) is 0 Å². The summed E-state index contributed by atoms with van der Waals surface area (Å²) in [5, 5.41) is 2.30. The minimum Gasteiger partial charge on any atom is -0.455 e. The average molecular weight is 434 g/mol. The van der Waals surface area contributed by atoms with Crippen LogP contribution in [0.5, 0.6) is 0 Å². The van der Waals surface area contributed by atoms with Gasteiger partial charge in [0.15, 0.2) is 0 Å². The highest BCUT2D eigenvalue weighted by Crippen LogP contribution is 2.41. The average Bonchev–Trinajstić information content (AvgIpc) is 3.24. The van der Waals surface area contributed by atoms with Crippen molar-refractivity contribution in [1.29, 1.82) is 0 Å². The summed E-state index contributed by atoms with van der Waals surface area (Å²) in [5.41, 5.74) is 7.79. The molecule has 0 aliphatic carbocycles. The molecule has 0 saturated carbocycles. The van der Waals surface area contributed by atoms with Crippen LogP contribution in [-0.2, 0) is 5.41 Å². The Kier molecular flexibility index (Phi) is 5.54. The van der Waals surface area contributed by atoms with Gasteiger partial charge < -0.3 is 4.42 Å². The van der Waals surface area contributed by atoms with Gasteiger partial charge in [0.1, 0.15) is 11.2 Å². The first-order valence-electron chi connectivity index (χ1n) is 12.0. The van der Waals surface area contributed by atoms with Crippen LogP contribution in [0.1, 0.15) is 63.1 Å². The Morgan fingerprint density at radius 1 is 0.788 bits per heavy atom. The van der Waals surface area contributed by atoms with Crippen LogP contribution >= 0.6 is 0 Å². The fraction of sp³-hybridized carbons (Fsp3) is 0.258. The zero-order chi connectivity index (χ0) is 23.0. The van der Waals surface area contributed by atoms with Crippen LogP contribution in [0.4, 0.5) is 0 Å². The van der Waals surface area contributed by atoms with Crippen LogP contribution < -0.4 is 0 Å². The second-order valence-corrected chi connectivity index (χ2v) is 9.28. The molecule has 2 heteroatoms. The number of benzene rings is 3. The molecule has 2 nitrogen and oxygen atoms in total. The van der Waals surface area contributed by atoms with Gasteiger partial charge in [-0.15, -0.1) is 0 Å². The number of nitrogens with zero attached hydrogens (tertiary/aromatic N) is 1. The van der Waals surface area contributed by atoms with Crippen LogP contribution in [0.25, 0.3) is 33.2 Å². The lowest BCUT2D eigenvalue weighted by molar-refractivity contribution is 0.478. The zero-order valence-corrected chi connectivity index (χ0v) is 19.9. The van der Waals surface area contributed by atoms with Gasteiger partial charge in [0, 0.05) is 27.9 Å². The van der Waals surface area contributed by atoms with Crippen molar-refractivity contribution in [2.24, 2.45) is 0 Å². The van der Waals surface area contributed by atoms with Gasteiger partial charge in [-0.25, -0.2) is 0 Å². The number of fused-ring (bicyclic) bond motifs is 3. The van der Waals surface area contributed by atoms with Crippen LogP contribution in [-0.4, -0.2) is 4.98 Å². The van der Waals surface area contributed by atoms with Gasteiger partial charge in [0.2, 0.25) is 0 Å². The Morgan fingerprint density at radius 3 is 2.30 bits per heavy atom. The van der Waals surface area contributed by atoms with E-state index in [1.165, 1.54) is 16.7 Å². The molecule has 0 bridgehead atoms. The molecule has 0 fully saturated rings. The quantitative estimate of drug-likeness (QED) is 0.267. The maximum Gasteiger partial charge on any atom is 0.144 e. The normalized spacial score (nSPS) is 12.2. The zero-order valence-electron chi connectivity index (χ0n) is 19.9. The highest BCUT2D eigenvalue weighted by Gasteiger charge is 2.31. The topological polar surface area (TPSA) is 26.0 Å². The van der Waals surface area contributed by atoms with Gasteiger partial charge in [0.05, 0.1) is 5.69 Å². The number of furan rings is 1. The molecular weight excluding hydrogens is 402 g/mol. The fourth-order valence-electron chi connectivity index (χ4n) is 5.24. The SMILES string of the molecule is CCC(CC)(c1ccccc1)c1ccnc(-c2cccc3c2oc2cc(C(C)C)ccc23)c1. The molecule has 0 spiro atoms. The monoisotopic (exact) mass is 433 g/mol. The largest absolute Gasteiger partial charge is 0.455 e. The number of para-hydroxylation sites is 1. The Bertz CT molecular complexity index is 1410. The number of pyridine rings is 1. The molecular formula is C31H31NO. The number of rotatable bonds is 6. The third kappa shape index (κ3) is 3.54. The van der Waals surface area contributed by atoms with Gasteiger partial charge in [-0.1, -0.05) is 82.3 Å². The second-order valence-electron chi connectivity index (χ2n) is 9.28. The van der Waals surface area contributed by atoms with Crippen molar-refractivity contribution in [1.82, 2.24) is 4.98 Å². The van der Waals surface area contributed by atoms with Crippen molar-refractivity contribution >= 4 is 21.9 Å². The maximum absolute atomic E-state index is 6.45. The van der Waals surface area contributed by atoms with Gasteiger partial charge in [0.25, 0.3) is 0 Å². The van der Waals surface area contributed by atoms with Crippen molar-refractivity contribution in [2.75, 3.05) is 0 Å². The molecule has 33 heavy (non-hydrogen) atoms. The molecule has 0 unspecified atom stereocenters. The lowest BCUT2D eigenvalue weighted by atomic mass is 9.70. The standard InChI is InChI=1S/C31H31NO/c1-5-31(6-2,23-11-8-7-9-12-23)24-17-18-32-28(20-24)27-14-10-13-26-25-16-15-22(21(3)4)19-29(25)33-30(26)27/h7-21H,5-6H2,1-4H3. The molecule has 0 amide bonds. The first kappa shape index (κ1) is 21.5. The van der Waals surface area contributed by atoms with E-state index in [9.17, 15) is 0 Å². The van der Waals surface area contributed by atoms with E-state index in [4.69, 9.17) is 9.40 Å². The van der Waals surface area contributed by atoms with Gasteiger partial charge >= 0.3 is 0 Å². The fourth-order valence-corrected chi connectivity index (χ4v) is 5.24. The Hall–Kier alpha value is -3.39. The van der Waals surface area contributed by atoms with Gasteiger partial charge in [-0.05, 0) is 59.7 Å². The van der Waals surface area contributed by atoms with Crippen molar-refractivity contribution in [3.8, 4) is 11.3 Å². The van der Waals surface area contributed by atoms with Crippen molar-refractivity contribution in [2.45, 2.75) is 51.9 Å². The number of aromatic nitrogens is 1. The van der Waals surface area contributed by atoms with E-state index in [-0.39, 0.29) is 5.41 Å². The lowest BCUT2D eigenvalue weighted by Crippen LogP contribution is -2.26. The molecule has 0 radical (unpaired) electrons. The molecule has 166 valence electrons. The lowest BCUT2D eigenvalue weighted by Gasteiger charge is -2.33. The maximum atomic E-state index is 6.45. The van der Waals surface area contributed by atoms with E-state index in [0.29, 0.717) is 5.92 Å². The predicted molar refractivity (Wildman–Crippen MR) is 139 cm³/mol. The van der Waals surface area contributed by atoms with E-state index < -0.39 is 0 Å². The third-order valence-electron chi connectivity index (χ3n) is 7.31. The molecule has 0 aliphatic heterocycles. The number of hydrogen-bond acceptors (Lipinski definition) is 2. The summed E-state index contributed by atoms with van der Waals surface area (Å²) < 4.78 is 6.45. The van der Waals surface area contributed by atoms with Gasteiger partial charge in [-0.2, -0.15) is 0 Å². The Morgan fingerprint density at radius 2 is 1.58 bits per heavy atom. The van der Waals surface area contributed by atoms with E-state index in [1.54, 1.807) is 0 Å². The summed E-state index contributed by atoms with van der Waals surface area (Å²) in [7, 11) is 0. The van der Waals surface area contributed by atoms with E-state index in [0.717, 1.165) is 46.0 Å². The van der Waals surface area contributed by atoms with Crippen molar-refractivity contribution in [3.05, 3.63) is 102 Å². The van der Waals surface area contributed by atoms with Crippen LogP contribution in [0.2, 0.25) is 0 Å². The second kappa shape index (κ2) is 8.51. The first-order valence-corrected chi connectivity index (χ1v) is 12.0. The summed E-state index contributed by atoms with van der Waals surface area (Å²) in [6.45, 7) is 8.99. The summed E-state index contributed by atoms with van der Waals surface area (Å²) in [6.07, 6.45) is 4.01. The molecule has 2 aromatic heterocycles. The summed E-state index contributed by atoms with van der Waals surface area (Å²) in [6, 6.07) is 28.3. The first-order chi connectivity index (χ1) is 16.1. The molecule has 0 atom stereocenters. The van der Waals surface area contributed by atoms with E-state index in [2.05, 4.69) is 107 Å². The highest BCUT2D eigenvalue weighted by atomic mass is 16.3. The van der Waals surface area contributed by atoms with E-state index >= 15 is 0 Å². The molecule has 0 aliphatic rings. The third-order valence-corrected chi connectivity index (χ3v) is 7.31. The van der Waals surface area contributed by atoms with Crippen molar-refractivity contribution in [3.63, 3.8) is 0 Å². The molecule has 3 aromatic carbocycles. The molecule has 0 saturated heterocycles. The Balaban J connectivity index is 1.68. The minimum atomic E-state index is -0.0348. The smallest absolute Gasteiger partial charge is 0.144 e. The summed E-state index contributed by atoms with van der Waals surface area (Å²) in [4.78, 5) is 4.79. The van der Waals surface area contributed by atoms with E-state index in [1.807, 2.05) is 6.20 Å². The summed E-state index contributed by atoms with van der Waals surface area (Å²) in [5.74, 6) is 0.467. The molecule has 0 N–H and O–H groups in total. The molecule has 2 heterocycles. The Labute approximate surface area is 196 Å². The summed E-state index contributed by atoms with van der Waals surface area (Å²) >= 11 is 0. The van der Waals surface area contributed by atoms with Gasteiger partial charge in [-0.3, -0.25) is 4.98 Å². The minimum absolute atomic E-state index is 0.0348. The predicted octanol–water partition coefficient (Wildman–Crippen LogP) is 8.88. The van der Waals surface area contributed by atoms with Crippen LogP contribution in [0.15, 0.2) is 89.5 Å². The number of hydrogen-bond donors (Lipinski definition) is 0. The highest BCUT2D eigenvalue weighted by molar-refractivity contribution is 6.09. The van der Waals surface area contributed by atoms with Crippen molar-refractivity contribution < 1.29 is 4.42 Å².